The van der Waals surface area contributed by atoms with Gasteiger partial charge in [0.25, 0.3) is 0 Å². The molecule has 0 saturated heterocycles. The molecule has 0 aliphatic carbocycles. The first-order valence-corrected chi connectivity index (χ1v) is 8.68. The monoisotopic (exact) mass is 519 g/mol. The zero-order valence-electron chi connectivity index (χ0n) is 16.2. The number of ether oxygens (including phenoxy) is 2. The number of esters is 1. The third-order valence-corrected chi connectivity index (χ3v) is 3.94. The normalized spacial score (nSPS) is 10.9. The van der Waals surface area contributed by atoms with Crippen molar-refractivity contribution in [2.45, 2.75) is 19.6 Å². The summed E-state index contributed by atoms with van der Waals surface area (Å²) in [6.45, 7) is -1.98. The van der Waals surface area contributed by atoms with Crippen LogP contribution in [0.15, 0.2) is 53.5 Å². The third kappa shape index (κ3) is 8.22. The van der Waals surface area contributed by atoms with E-state index >= 15 is 0 Å². The number of methoxy groups -OCH3 is 1. The predicted octanol–water partition coefficient (Wildman–Crippen LogP) is 3.60. The summed E-state index contributed by atoms with van der Waals surface area (Å²) in [5.74, 6) is 0.301. The van der Waals surface area contributed by atoms with Gasteiger partial charge in [0.15, 0.2) is 5.96 Å². The van der Waals surface area contributed by atoms with Gasteiger partial charge >= 0.3 is 12.6 Å². The van der Waals surface area contributed by atoms with E-state index < -0.39 is 6.61 Å². The number of rotatable bonds is 8. The number of alkyl halides is 2. The fraction of sp³-hybridized carbons (Fsp3) is 0.300. The van der Waals surface area contributed by atoms with Crippen molar-refractivity contribution in [2.24, 2.45) is 4.99 Å². The summed E-state index contributed by atoms with van der Waals surface area (Å²) in [4.78, 5) is 15.5. The highest BCUT2D eigenvalue weighted by Crippen LogP contribution is 2.19. The molecule has 0 aromatic heterocycles. The minimum Gasteiger partial charge on any atom is -0.465 e. The maximum Gasteiger partial charge on any atom is 0.387 e. The van der Waals surface area contributed by atoms with E-state index in [0.29, 0.717) is 30.1 Å². The van der Waals surface area contributed by atoms with Crippen LogP contribution >= 0.6 is 24.0 Å². The van der Waals surface area contributed by atoms with Gasteiger partial charge in [-0.3, -0.25) is 4.99 Å². The van der Waals surface area contributed by atoms with Crippen LogP contribution in [0.25, 0.3) is 0 Å². The number of hydrogen-bond donors (Lipinski definition) is 2. The highest BCUT2D eigenvalue weighted by molar-refractivity contribution is 14.0. The maximum atomic E-state index is 12.5. The van der Waals surface area contributed by atoms with Gasteiger partial charge in [-0.25, -0.2) is 4.79 Å². The van der Waals surface area contributed by atoms with Gasteiger partial charge in [-0.05, 0) is 30.2 Å². The van der Waals surface area contributed by atoms with Crippen molar-refractivity contribution in [1.29, 1.82) is 0 Å². The number of carbonyl (C=O) groups is 1. The van der Waals surface area contributed by atoms with Gasteiger partial charge in [0.1, 0.15) is 5.75 Å². The number of nitrogens with zero attached hydrogens (tertiary/aromatic N) is 1. The van der Waals surface area contributed by atoms with Crippen LogP contribution in [-0.2, 0) is 17.7 Å². The summed E-state index contributed by atoms with van der Waals surface area (Å²) in [6.07, 6.45) is 0.716. The van der Waals surface area contributed by atoms with E-state index in [9.17, 15) is 13.6 Å². The number of nitrogens with one attached hydrogen (secondary N) is 2. The summed E-state index contributed by atoms with van der Waals surface area (Å²) >= 11 is 0. The number of hydrogen-bond acceptors (Lipinski definition) is 4. The molecule has 2 N–H and O–H groups in total. The van der Waals surface area contributed by atoms with Crippen LogP contribution in [0.5, 0.6) is 5.75 Å². The fourth-order valence-electron chi connectivity index (χ4n) is 2.51. The molecule has 0 amide bonds. The Balaban J connectivity index is 0.00000420. The smallest absolute Gasteiger partial charge is 0.387 e. The van der Waals surface area contributed by atoms with E-state index in [1.165, 1.54) is 13.2 Å². The molecule has 0 aliphatic rings. The van der Waals surface area contributed by atoms with E-state index in [2.05, 4.69) is 25.1 Å². The molecular weight excluding hydrogens is 495 g/mol. The number of carbonyl (C=O) groups excluding carboxylic acids is 1. The average Bonchev–Trinajstić information content (AvgIpc) is 2.71. The van der Waals surface area contributed by atoms with Gasteiger partial charge in [0, 0.05) is 25.7 Å². The molecule has 0 saturated carbocycles. The SMILES string of the molecule is CN=C(NCCc1ccc(C(=O)OC)cc1)NCc1ccccc1OC(F)F.I. The highest BCUT2D eigenvalue weighted by atomic mass is 127. The van der Waals surface area contributed by atoms with Gasteiger partial charge < -0.3 is 20.1 Å². The Morgan fingerprint density at radius 2 is 1.79 bits per heavy atom. The first-order chi connectivity index (χ1) is 13.5. The van der Waals surface area contributed by atoms with Crippen molar-refractivity contribution in [1.82, 2.24) is 10.6 Å². The van der Waals surface area contributed by atoms with Gasteiger partial charge in [0.2, 0.25) is 0 Å². The van der Waals surface area contributed by atoms with Gasteiger partial charge in [-0.2, -0.15) is 8.78 Å². The Morgan fingerprint density at radius 1 is 1.10 bits per heavy atom. The minimum absolute atomic E-state index is 0. The van der Waals surface area contributed by atoms with Crippen LogP contribution in [0.1, 0.15) is 21.5 Å². The summed E-state index contributed by atoms with van der Waals surface area (Å²) in [5.41, 5.74) is 2.15. The molecular formula is C20H24F2IN3O3. The molecule has 9 heteroatoms. The second kappa shape index (κ2) is 12.9. The molecule has 29 heavy (non-hydrogen) atoms. The second-order valence-electron chi connectivity index (χ2n) is 5.78. The lowest BCUT2D eigenvalue weighted by Crippen LogP contribution is -2.37. The molecule has 2 rings (SSSR count). The molecule has 0 radical (unpaired) electrons. The molecule has 0 atom stereocenters. The van der Waals surface area contributed by atoms with E-state index in [0.717, 1.165) is 5.56 Å². The van der Waals surface area contributed by atoms with Crippen LogP contribution in [-0.4, -0.2) is 39.2 Å². The quantitative estimate of drug-likeness (QED) is 0.242. The summed E-state index contributed by atoms with van der Waals surface area (Å²) < 4.78 is 34.1. The van der Waals surface area contributed by atoms with Crippen LogP contribution < -0.4 is 15.4 Å². The van der Waals surface area contributed by atoms with E-state index in [4.69, 9.17) is 0 Å². The number of para-hydroxylation sites is 1. The topological polar surface area (TPSA) is 72.0 Å². The molecule has 0 aliphatic heterocycles. The largest absolute Gasteiger partial charge is 0.465 e. The molecule has 0 spiro atoms. The molecule has 0 fully saturated rings. The number of guanidine groups is 1. The Hall–Kier alpha value is -2.43. The van der Waals surface area contributed by atoms with Crippen molar-refractivity contribution >= 4 is 35.9 Å². The Labute approximate surface area is 185 Å². The zero-order valence-corrected chi connectivity index (χ0v) is 18.5. The van der Waals surface area contributed by atoms with Crippen LogP contribution in [0, 0.1) is 0 Å². The van der Waals surface area contributed by atoms with E-state index in [-0.39, 0.29) is 42.2 Å². The van der Waals surface area contributed by atoms with Crippen molar-refractivity contribution in [3.63, 3.8) is 0 Å². The average molecular weight is 519 g/mol. The molecule has 2 aromatic carbocycles. The Bertz CT molecular complexity index is 802. The van der Waals surface area contributed by atoms with Crippen molar-refractivity contribution in [2.75, 3.05) is 20.7 Å². The molecule has 0 heterocycles. The molecule has 0 unspecified atom stereocenters. The van der Waals surface area contributed by atoms with Crippen molar-refractivity contribution < 1.29 is 23.0 Å². The molecule has 0 bridgehead atoms. The lowest BCUT2D eigenvalue weighted by Gasteiger charge is -2.14. The fourth-order valence-corrected chi connectivity index (χ4v) is 2.51. The van der Waals surface area contributed by atoms with Gasteiger partial charge in [-0.1, -0.05) is 30.3 Å². The first-order valence-electron chi connectivity index (χ1n) is 8.68. The standard InChI is InChI=1S/C20H23F2N3O3.HI/c1-23-20(25-13-16-5-3-4-6-17(16)28-19(21)22)24-12-11-14-7-9-15(10-8-14)18(26)27-2;/h3-10,19H,11-13H2,1-2H3,(H2,23,24,25);1H. The second-order valence-corrected chi connectivity index (χ2v) is 5.78. The summed E-state index contributed by atoms with van der Waals surface area (Å²) in [7, 11) is 2.97. The van der Waals surface area contributed by atoms with E-state index in [1.807, 2.05) is 12.1 Å². The van der Waals surface area contributed by atoms with Crippen molar-refractivity contribution in [3.05, 3.63) is 65.2 Å². The predicted molar refractivity (Wildman–Crippen MR) is 118 cm³/mol. The minimum atomic E-state index is -2.87. The Morgan fingerprint density at radius 3 is 2.41 bits per heavy atom. The van der Waals surface area contributed by atoms with Crippen LogP contribution in [0.4, 0.5) is 8.78 Å². The maximum absolute atomic E-state index is 12.5. The number of halogens is 3. The summed E-state index contributed by atoms with van der Waals surface area (Å²) in [5, 5.41) is 6.23. The van der Waals surface area contributed by atoms with E-state index in [1.54, 1.807) is 37.4 Å². The lowest BCUT2D eigenvalue weighted by molar-refractivity contribution is -0.0504. The van der Waals surface area contributed by atoms with Crippen LogP contribution in [0.2, 0.25) is 0 Å². The number of aliphatic imine (C=N–C) groups is 1. The van der Waals surface area contributed by atoms with Gasteiger partial charge in [-0.15, -0.1) is 24.0 Å². The van der Waals surface area contributed by atoms with Crippen LogP contribution in [0.3, 0.4) is 0 Å². The first kappa shape index (κ1) is 24.6. The molecule has 2 aromatic rings. The van der Waals surface area contributed by atoms with Crippen molar-refractivity contribution in [3.8, 4) is 5.75 Å². The highest BCUT2D eigenvalue weighted by Gasteiger charge is 2.09. The zero-order chi connectivity index (χ0) is 20.4. The third-order valence-electron chi connectivity index (χ3n) is 3.94. The van der Waals surface area contributed by atoms with Gasteiger partial charge in [0.05, 0.1) is 12.7 Å². The molecule has 6 nitrogen and oxygen atoms in total. The lowest BCUT2D eigenvalue weighted by atomic mass is 10.1. The Kier molecular flexibility index (Phi) is 11.0. The summed E-state index contributed by atoms with van der Waals surface area (Å²) in [6, 6.07) is 13.8. The molecule has 158 valence electrons. The number of benzene rings is 2.